The van der Waals surface area contributed by atoms with Gasteiger partial charge in [-0.05, 0) is 66.7 Å². The number of thioether (sulfide) groups is 1. The standard InChI is InChI=1S/C26H20ClN3O4S/c1-16-6-12-19(13-7-16)28-23(31)15-34-25(33)18-10-8-17(9-11-18)14-22-24(32)30-26(35-22)29-21-5-3-2-4-20(21)27/h2-14H,15H2,1H3,(H,28,31)(H,29,30,32)/b22-14+. The summed E-state index contributed by atoms with van der Waals surface area (Å²) in [6.07, 6.45) is 1.69. The maximum absolute atomic E-state index is 12.3. The van der Waals surface area contributed by atoms with Crippen molar-refractivity contribution in [2.24, 2.45) is 4.99 Å². The zero-order chi connectivity index (χ0) is 24.8. The number of halogens is 1. The first-order chi connectivity index (χ1) is 16.9. The molecular weight excluding hydrogens is 486 g/mol. The first-order valence-corrected chi connectivity index (χ1v) is 11.7. The van der Waals surface area contributed by atoms with Crippen LogP contribution in [0.3, 0.4) is 0 Å². The van der Waals surface area contributed by atoms with E-state index in [1.54, 1.807) is 60.7 Å². The van der Waals surface area contributed by atoms with Gasteiger partial charge in [-0.15, -0.1) is 0 Å². The Balaban J connectivity index is 1.34. The molecular formula is C26H20ClN3O4S. The highest BCUT2D eigenvalue weighted by Gasteiger charge is 2.24. The van der Waals surface area contributed by atoms with E-state index >= 15 is 0 Å². The van der Waals surface area contributed by atoms with Gasteiger partial charge in [0.15, 0.2) is 11.8 Å². The van der Waals surface area contributed by atoms with Gasteiger partial charge in [-0.2, -0.15) is 0 Å². The molecule has 3 aromatic rings. The van der Waals surface area contributed by atoms with Gasteiger partial charge < -0.3 is 15.4 Å². The monoisotopic (exact) mass is 505 g/mol. The summed E-state index contributed by atoms with van der Waals surface area (Å²) in [7, 11) is 0. The normalized spacial score (nSPS) is 15.2. The Hall–Kier alpha value is -3.88. The molecule has 1 aliphatic rings. The van der Waals surface area contributed by atoms with Crippen LogP contribution in [0.2, 0.25) is 5.02 Å². The van der Waals surface area contributed by atoms with Crippen molar-refractivity contribution in [1.82, 2.24) is 5.32 Å². The predicted molar refractivity (Wildman–Crippen MR) is 139 cm³/mol. The largest absolute Gasteiger partial charge is 0.452 e. The van der Waals surface area contributed by atoms with Gasteiger partial charge >= 0.3 is 5.97 Å². The van der Waals surface area contributed by atoms with Crippen LogP contribution in [-0.2, 0) is 14.3 Å². The lowest BCUT2D eigenvalue weighted by Gasteiger charge is -2.07. The smallest absolute Gasteiger partial charge is 0.338 e. The molecule has 0 atom stereocenters. The Morgan fingerprint density at radius 2 is 1.77 bits per heavy atom. The average Bonchev–Trinajstić information content (AvgIpc) is 3.19. The van der Waals surface area contributed by atoms with Crippen LogP contribution in [0.25, 0.3) is 6.08 Å². The second-order valence-corrected chi connectivity index (χ2v) is 8.98. The minimum absolute atomic E-state index is 0.274. The number of carbonyl (C=O) groups excluding carboxylic acids is 3. The van der Waals surface area contributed by atoms with Crippen LogP contribution in [0.1, 0.15) is 21.5 Å². The number of nitrogens with one attached hydrogen (secondary N) is 2. The second-order valence-electron chi connectivity index (χ2n) is 7.55. The van der Waals surface area contributed by atoms with Gasteiger partial charge in [0.25, 0.3) is 11.8 Å². The van der Waals surface area contributed by atoms with E-state index in [1.165, 1.54) is 11.8 Å². The first kappa shape index (κ1) is 24.3. The van der Waals surface area contributed by atoms with E-state index < -0.39 is 18.5 Å². The topological polar surface area (TPSA) is 96.9 Å². The number of esters is 1. The van der Waals surface area contributed by atoms with E-state index in [-0.39, 0.29) is 5.91 Å². The Morgan fingerprint density at radius 1 is 1.06 bits per heavy atom. The molecule has 4 rings (SSSR count). The van der Waals surface area contributed by atoms with Crippen molar-refractivity contribution in [3.63, 3.8) is 0 Å². The molecule has 0 unspecified atom stereocenters. The summed E-state index contributed by atoms with van der Waals surface area (Å²) in [5.74, 6) is -1.32. The number of hydrogen-bond donors (Lipinski definition) is 2. The lowest BCUT2D eigenvalue weighted by molar-refractivity contribution is -0.119. The third-order valence-corrected chi connectivity index (χ3v) is 6.07. The minimum atomic E-state index is -0.620. The van der Waals surface area contributed by atoms with Gasteiger partial charge in [-0.25, -0.2) is 9.79 Å². The van der Waals surface area contributed by atoms with Crippen molar-refractivity contribution in [3.8, 4) is 0 Å². The van der Waals surface area contributed by atoms with Gasteiger partial charge in [0.1, 0.15) is 0 Å². The molecule has 0 saturated carbocycles. The van der Waals surface area contributed by atoms with E-state index in [0.717, 1.165) is 11.1 Å². The molecule has 1 saturated heterocycles. The molecule has 1 aliphatic heterocycles. The number of benzene rings is 3. The summed E-state index contributed by atoms with van der Waals surface area (Å²) in [5.41, 5.74) is 3.28. The Bertz CT molecular complexity index is 1340. The number of rotatable bonds is 6. The lowest BCUT2D eigenvalue weighted by atomic mass is 10.1. The van der Waals surface area contributed by atoms with Crippen molar-refractivity contribution in [2.75, 3.05) is 11.9 Å². The Morgan fingerprint density at radius 3 is 2.49 bits per heavy atom. The average molecular weight is 506 g/mol. The quantitative estimate of drug-likeness (QED) is 0.348. The van der Waals surface area contributed by atoms with Gasteiger partial charge in [0.2, 0.25) is 0 Å². The first-order valence-electron chi connectivity index (χ1n) is 10.6. The van der Waals surface area contributed by atoms with Crippen molar-refractivity contribution >= 4 is 63.8 Å². The molecule has 0 radical (unpaired) electrons. The number of carbonyl (C=O) groups is 3. The maximum atomic E-state index is 12.3. The summed E-state index contributed by atoms with van der Waals surface area (Å²) < 4.78 is 5.10. The highest BCUT2D eigenvalue weighted by molar-refractivity contribution is 8.18. The Labute approximate surface area is 211 Å². The molecule has 35 heavy (non-hydrogen) atoms. The number of amides is 2. The molecule has 7 nitrogen and oxygen atoms in total. The fraction of sp³-hybridized carbons (Fsp3) is 0.0769. The third-order valence-electron chi connectivity index (χ3n) is 4.84. The van der Waals surface area contributed by atoms with Gasteiger partial charge in [0.05, 0.1) is 21.2 Å². The molecule has 2 amide bonds. The third kappa shape index (κ3) is 6.59. The second kappa shape index (κ2) is 11.0. The number of aryl methyl sites for hydroxylation is 1. The molecule has 2 N–H and O–H groups in total. The summed E-state index contributed by atoms with van der Waals surface area (Å²) >= 11 is 7.32. The van der Waals surface area contributed by atoms with E-state index in [2.05, 4.69) is 15.6 Å². The van der Waals surface area contributed by atoms with Crippen LogP contribution in [0, 0.1) is 6.92 Å². The van der Waals surface area contributed by atoms with E-state index in [0.29, 0.717) is 32.0 Å². The SMILES string of the molecule is Cc1ccc(NC(=O)COC(=O)c2ccc(/C=C3/SC(=Nc4ccccc4Cl)NC3=O)cc2)cc1. The molecule has 0 aromatic heterocycles. The highest BCUT2D eigenvalue weighted by atomic mass is 35.5. The summed E-state index contributed by atoms with van der Waals surface area (Å²) in [4.78, 5) is 41.5. The van der Waals surface area contributed by atoms with Crippen molar-refractivity contribution in [2.45, 2.75) is 6.92 Å². The van der Waals surface area contributed by atoms with E-state index in [1.807, 2.05) is 25.1 Å². The van der Waals surface area contributed by atoms with Gasteiger partial charge in [-0.3, -0.25) is 9.59 Å². The van der Waals surface area contributed by atoms with Crippen molar-refractivity contribution in [3.05, 3.63) is 99.4 Å². The number of nitrogens with zero attached hydrogens (tertiary/aromatic N) is 1. The maximum Gasteiger partial charge on any atom is 0.338 e. The summed E-state index contributed by atoms with van der Waals surface area (Å²) in [5, 5.41) is 6.30. The predicted octanol–water partition coefficient (Wildman–Crippen LogP) is 5.34. The Kier molecular flexibility index (Phi) is 7.64. The zero-order valence-electron chi connectivity index (χ0n) is 18.6. The molecule has 9 heteroatoms. The minimum Gasteiger partial charge on any atom is -0.452 e. The molecule has 3 aromatic carbocycles. The highest BCUT2D eigenvalue weighted by Crippen LogP contribution is 2.30. The summed E-state index contributed by atoms with van der Waals surface area (Å²) in [6.45, 7) is 1.55. The van der Waals surface area contributed by atoms with Crippen LogP contribution in [0.4, 0.5) is 11.4 Å². The van der Waals surface area contributed by atoms with Crippen molar-refractivity contribution < 1.29 is 19.1 Å². The number of aliphatic imine (C=N–C) groups is 1. The van der Waals surface area contributed by atoms with Crippen LogP contribution in [-0.4, -0.2) is 29.6 Å². The number of anilines is 1. The molecule has 176 valence electrons. The molecule has 1 fully saturated rings. The van der Waals surface area contributed by atoms with Crippen molar-refractivity contribution in [1.29, 1.82) is 0 Å². The zero-order valence-corrected chi connectivity index (χ0v) is 20.2. The fourth-order valence-corrected chi connectivity index (χ4v) is 4.06. The van der Waals surface area contributed by atoms with Gasteiger partial charge in [0, 0.05) is 5.69 Å². The molecule has 0 spiro atoms. The summed E-state index contributed by atoms with van der Waals surface area (Å²) in [6, 6.07) is 20.9. The number of ether oxygens (including phenoxy) is 1. The number of amidine groups is 1. The number of para-hydroxylation sites is 1. The van der Waals surface area contributed by atoms with Crippen LogP contribution in [0.5, 0.6) is 0 Å². The van der Waals surface area contributed by atoms with E-state index in [9.17, 15) is 14.4 Å². The van der Waals surface area contributed by atoms with Crippen LogP contribution >= 0.6 is 23.4 Å². The van der Waals surface area contributed by atoms with E-state index in [4.69, 9.17) is 16.3 Å². The van der Waals surface area contributed by atoms with Crippen LogP contribution < -0.4 is 10.6 Å². The molecule has 0 aliphatic carbocycles. The molecule has 0 bridgehead atoms. The molecule has 1 heterocycles. The van der Waals surface area contributed by atoms with Gasteiger partial charge in [-0.1, -0.05) is 53.6 Å². The number of hydrogen-bond acceptors (Lipinski definition) is 6. The lowest BCUT2D eigenvalue weighted by Crippen LogP contribution is -2.20. The fourth-order valence-electron chi connectivity index (χ4n) is 3.05. The van der Waals surface area contributed by atoms with Crippen LogP contribution in [0.15, 0.2) is 82.7 Å².